The highest BCUT2D eigenvalue weighted by Gasteiger charge is 2.52. The smallest absolute Gasteiger partial charge is 0.408 e. The van der Waals surface area contributed by atoms with Crippen LogP contribution in [-0.4, -0.2) is 78.8 Å². The standard InChI is InChI=1S/C33H44N4O10/c1-19(34-32(41)47-33(4,5)6)28(39)36-37-29(40)20(2)44-27-25(35-21(3)38)31(42-17-22-13-9-7-10-14-22)45-24-18-43-30(46-26(24)27)23-15-11-8-12-16-23/h7-16,19-20,24-27,30-31H,17-18H2,1-6H3,(H,34,41)(H,35,38)(H,36,39)(H,37,40)/t19-,20+,24+,25-,26-,27+,30+,31+/m1/s1. The third kappa shape index (κ3) is 10.5. The van der Waals surface area contributed by atoms with Crippen molar-refractivity contribution in [3.05, 3.63) is 71.8 Å². The molecule has 256 valence electrons. The van der Waals surface area contributed by atoms with E-state index in [0.717, 1.165) is 11.1 Å². The molecule has 2 aliphatic heterocycles. The van der Waals surface area contributed by atoms with Gasteiger partial charge in [-0.2, -0.15) is 0 Å². The highest BCUT2D eigenvalue weighted by atomic mass is 16.8. The molecule has 4 rings (SSSR count). The number of rotatable bonds is 10. The molecule has 2 aromatic carbocycles. The van der Waals surface area contributed by atoms with E-state index >= 15 is 0 Å². The average Bonchev–Trinajstić information content (AvgIpc) is 3.03. The number of hydrazine groups is 1. The van der Waals surface area contributed by atoms with Crippen LogP contribution in [0, 0.1) is 0 Å². The zero-order valence-electron chi connectivity index (χ0n) is 27.4. The van der Waals surface area contributed by atoms with Gasteiger partial charge in [0.15, 0.2) is 12.6 Å². The molecule has 0 aliphatic carbocycles. The molecule has 2 aromatic rings. The van der Waals surface area contributed by atoms with Crippen molar-refractivity contribution in [2.45, 2.75) is 103 Å². The number of benzene rings is 2. The van der Waals surface area contributed by atoms with Crippen molar-refractivity contribution in [3.63, 3.8) is 0 Å². The summed E-state index contributed by atoms with van der Waals surface area (Å²) in [5, 5.41) is 5.27. The zero-order chi connectivity index (χ0) is 34.1. The van der Waals surface area contributed by atoms with Gasteiger partial charge in [-0.05, 0) is 40.2 Å². The molecule has 2 saturated heterocycles. The molecule has 0 aromatic heterocycles. The fourth-order valence-corrected chi connectivity index (χ4v) is 4.98. The number of carbonyl (C=O) groups excluding carboxylic acids is 4. The maximum absolute atomic E-state index is 13.1. The number of carbonyl (C=O) groups is 4. The van der Waals surface area contributed by atoms with Gasteiger partial charge in [0.25, 0.3) is 11.8 Å². The summed E-state index contributed by atoms with van der Waals surface area (Å²) in [6, 6.07) is 16.9. The first-order valence-corrected chi connectivity index (χ1v) is 15.5. The summed E-state index contributed by atoms with van der Waals surface area (Å²) in [6.45, 7) is 9.68. The Bertz CT molecular complexity index is 1360. The SMILES string of the molecule is CC(=O)N[C@H]1[C@@H](OCc2ccccc2)O[C@H]2CO[C@H](c3ccccc3)O[C@H]2[C@H]1O[C@@H](C)C(=O)NNC(=O)[C@@H](C)NC(=O)OC(C)(C)C. The quantitative estimate of drug-likeness (QED) is 0.278. The number of ether oxygens (including phenoxy) is 6. The molecular formula is C33H44N4O10. The number of hydrogen-bond donors (Lipinski definition) is 4. The Hall–Kier alpha value is -4.08. The number of amides is 4. The monoisotopic (exact) mass is 656 g/mol. The second-order valence-electron chi connectivity index (χ2n) is 12.3. The summed E-state index contributed by atoms with van der Waals surface area (Å²) in [4.78, 5) is 50.2. The van der Waals surface area contributed by atoms with E-state index in [2.05, 4.69) is 21.5 Å². The molecular weight excluding hydrogens is 612 g/mol. The number of fused-ring (bicyclic) bond motifs is 1. The van der Waals surface area contributed by atoms with Crippen molar-refractivity contribution in [3.8, 4) is 0 Å². The summed E-state index contributed by atoms with van der Waals surface area (Å²) in [5.41, 5.74) is 5.51. The van der Waals surface area contributed by atoms with E-state index in [1.54, 1.807) is 20.8 Å². The van der Waals surface area contributed by atoms with Gasteiger partial charge in [-0.3, -0.25) is 25.2 Å². The molecule has 0 spiro atoms. The number of nitrogens with one attached hydrogen (secondary N) is 4. The van der Waals surface area contributed by atoms with E-state index in [-0.39, 0.29) is 19.1 Å². The normalized spacial score (nSPS) is 25.3. The maximum Gasteiger partial charge on any atom is 0.408 e. The second-order valence-corrected chi connectivity index (χ2v) is 12.3. The Kier molecular flexibility index (Phi) is 12.3. The first-order chi connectivity index (χ1) is 22.3. The summed E-state index contributed by atoms with van der Waals surface area (Å²) >= 11 is 0. The van der Waals surface area contributed by atoms with Crippen LogP contribution in [-0.2, 0) is 49.4 Å². The minimum absolute atomic E-state index is 0.126. The lowest BCUT2D eigenvalue weighted by molar-refractivity contribution is -0.351. The Morgan fingerprint density at radius 2 is 1.55 bits per heavy atom. The first kappa shape index (κ1) is 35.8. The molecule has 0 saturated carbocycles. The van der Waals surface area contributed by atoms with Crippen LogP contribution < -0.4 is 21.5 Å². The molecule has 4 amide bonds. The number of alkyl carbamates (subject to hydrolysis) is 1. The van der Waals surface area contributed by atoms with Crippen molar-refractivity contribution in [2.75, 3.05) is 6.61 Å². The predicted octanol–water partition coefficient (Wildman–Crippen LogP) is 2.38. The van der Waals surface area contributed by atoms with Crippen LogP contribution in [0.5, 0.6) is 0 Å². The molecule has 2 fully saturated rings. The lowest BCUT2D eigenvalue weighted by atomic mass is 9.95. The molecule has 4 N–H and O–H groups in total. The van der Waals surface area contributed by atoms with Gasteiger partial charge in [-0.25, -0.2) is 4.79 Å². The summed E-state index contributed by atoms with van der Waals surface area (Å²) in [7, 11) is 0. The van der Waals surface area contributed by atoms with Crippen molar-refractivity contribution >= 4 is 23.8 Å². The van der Waals surface area contributed by atoms with Crippen molar-refractivity contribution in [2.24, 2.45) is 0 Å². The fraction of sp³-hybridized carbons (Fsp3) is 0.515. The Balaban J connectivity index is 1.48. The lowest BCUT2D eigenvalue weighted by Crippen LogP contribution is -2.68. The van der Waals surface area contributed by atoms with Crippen LogP contribution in [0.1, 0.15) is 59.0 Å². The van der Waals surface area contributed by atoms with Crippen LogP contribution in [0.3, 0.4) is 0 Å². The second kappa shape index (κ2) is 16.2. The minimum Gasteiger partial charge on any atom is -0.444 e. The molecule has 0 bridgehead atoms. The maximum atomic E-state index is 13.1. The summed E-state index contributed by atoms with van der Waals surface area (Å²) < 4.78 is 36.3. The van der Waals surface area contributed by atoms with Gasteiger partial charge in [0.05, 0.1) is 13.2 Å². The lowest BCUT2D eigenvalue weighted by Gasteiger charge is -2.49. The van der Waals surface area contributed by atoms with Crippen LogP contribution in [0.25, 0.3) is 0 Å². The molecule has 2 aliphatic rings. The molecule has 8 atom stereocenters. The average molecular weight is 657 g/mol. The van der Waals surface area contributed by atoms with Gasteiger partial charge in [-0.15, -0.1) is 0 Å². The molecule has 0 unspecified atom stereocenters. The molecule has 47 heavy (non-hydrogen) atoms. The topological polar surface area (TPSA) is 172 Å². The van der Waals surface area contributed by atoms with Gasteiger partial charge >= 0.3 is 6.09 Å². The van der Waals surface area contributed by atoms with Crippen molar-refractivity contribution in [1.29, 1.82) is 0 Å². The van der Waals surface area contributed by atoms with Gasteiger partial charge < -0.3 is 39.1 Å². The van der Waals surface area contributed by atoms with Crippen molar-refractivity contribution in [1.82, 2.24) is 21.5 Å². The van der Waals surface area contributed by atoms with Gasteiger partial charge in [-0.1, -0.05) is 60.7 Å². The Morgan fingerprint density at radius 3 is 2.19 bits per heavy atom. The van der Waals surface area contributed by atoms with E-state index < -0.39 is 72.6 Å². The van der Waals surface area contributed by atoms with E-state index in [1.165, 1.54) is 20.8 Å². The van der Waals surface area contributed by atoms with Crippen LogP contribution in [0.15, 0.2) is 60.7 Å². The van der Waals surface area contributed by atoms with E-state index in [9.17, 15) is 19.2 Å². The predicted molar refractivity (Wildman–Crippen MR) is 167 cm³/mol. The molecule has 14 nitrogen and oxygen atoms in total. The van der Waals surface area contributed by atoms with Gasteiger partial charge in [0.1, 0.15) is 42.1 Å². The fourth-order valence-electron chi connectivity index (χ4n) is 4.98. The van der Waals surface area contributed by atoms with Crippen LogP contribution in [0.2, 0.25) is 0 Å². The Labute approximate surface area is 274 Å². The Morgan fingerprint density at radius 1 is 0.915 bits per heavy atom. The van der Waals surface area contributed by atoms with Crippen LogP contribution >= 0.6 is 0 Å². The molecule has 0 radical (unpaired) electrons. The summed E-state index contributed by atoms with van der Waals surface area (Å²) in [6.07, 6.45) is -6.07. The first-order valence-electron chi connectivity index (χ1n) is 15.5. The third-order valence-corrected chi connectivity index (χ3v) is 7.20. The number of hydrogen-bond acceptors (Lipinski definition) is 10. The third-order valence-electron chi connectivity index (χ3n) is 7.20. The molecule has 2 heterocycles. The largest absolute Gasteiger partial charge is 0.444 e. The molecule has 14 heteroatoms. The van der Waals surface area contributed by atoms with Crippen molar-refractivity contribution < 1.29 is 47.6 Å². The highest BCUT2D eigenvalue weighted by Crippen LogP contribution is 2.36. The highest BCUT2D eigenvalue weighted by molar-refractivity contribution is 5.88. The van der Waals surface area contributed by atoms with Crippen LogP contribution in [0.4, 0.5) is 4.79 Å². The van der Waals surface area contributed by atoms with E-state index in [1.807, 2.05) is 60.7 Å². The van der Waals surface area contributed by atoms with E-state index in [0.29, 0.717) is 0 Å². The zero-order valence-corrected chi connectivity index (χ0v) is 27.4. The van der Waals surface area contributed by atoms with Gasteiger partial charge in [0.2, 0.25) is 5.91 Å². The van der Waals surface area contributed by atoms with E-state index in [4.69, 9.17) is 28.4 Å². The minimum atomic E-state index is -1.15. The summed E-state index contributed by atoms with van der Waals surface area (Å²) in [5.74, 6) is -1.76. The van der Waals surface area contributed by atoms with Gasteiger partial charge in [0, 0.05) is 12.5 Å².